The molecule has 0 atom stereocenters. The number of fused-ring (bicyclic) bond motifs is 2. The Hall–Kier alpha value is -2.66. The van der Waals surface area contributed by atoms with E-state index in [1.54, 1.807) is 20.4 Å². The molecular weight excluding hydrogens is 326 g/mol. The van der Waals surface area contributed by atoms with Crippen LogP contribution in [0.1, 0.15) is 16.8 Å². The number of hydrogen-bond acceptors (Lipinski definition) is 5. The zero-order chi connectivity index (χ0) is 17.9. The zero-order valence-corrected chi connectivity index (χ0v) is 15.2. The largest absolute Gasteiger partial charge is 0.493 e. The van der Waals surface area contributed by atoms with Crippen molar-refractivity contribution in [2.75, 3.05) is 27.3 Å². The van der Waals surface area contributed by atoms with Crippen molar-refractivity contribution in [3.63, 3.8) is 0 Å². The van der Waals surface area contributed by atoms with E-state index in [-0.39, 0.29) is 0 Å². The number of nitrogens with zero attached hydrogens (tertiary/aromatic N) is 3. The molecule has 2 aromatic heterocycles. The topological polar surface area (TPSA) is 47.5 Å². The molecule has 0 saturated carbocycles. The molecule has 0 radical (unpaired) electrons. The molecule has 0 bridgehead atoms. The lowest BCUT2D eigenvalue weighted by Crippen LogP contribution is -2.32. The lowest BCUT2D eigenvalue weighted by atomic mass is 10.0. The summed E-state index contributed by atoms with van der Waals surface area (Å²) in [5, 5.41) is 1.12. The fourth-order valence-electron chi connectivity index (χ4n) is 3.54. The molecular formula is C21H23N3O2. The highest BCUT2D eigenvalue weighted by Gasteiger charge is 2.18. The Labute approximate surface area is 153 Å². The van der Waals surface area contributed by atoms with E-state index in [4.69, 9.17) is 14.5 Å². The Kier molecular flexibility index (Phi) is 4.71. The average Bonchev–Trinajstić information content (AvgIpc) is 2.70. The second kappa shape index (κ2) is 7.30. The molecule has 0 N–H and O–H groups in total. The van der Waals surface area contributed by atoms with Gasteiger partial charge >= 0.3 is 0 Å². The van der Waals surface area contributed by atoms with E-state index in [1.165, 1.54) is 16.8 Å². The van der Waals surface area contributed by atoms with Gasteiger partial charge in [0.05, 0.1) is 14.2 Å². The average molecular weight is 349 g/mol. The third kappa shape index (κ3) is 3.35. The molecule has 26 heavy (non-hydrogen) atoms. The molecule has 0 fully saturated rings. The van der Waals surface area contributed by atoms with Gasteiger partial charge in [0.15, 0.2) is 17.1 Å². The highest BCUT2D eigenvalue weighted by Crippen LogP contribution is 2.28. The summed E-state index contributed by atoms with van der Waals surface area (Å²) in [5.74, 6) is 1.56. The van der Waals surface area contributed by atoms with Crippen LogP contribution in [0.4, 0.5) is 0 Å². The minimum Gasteiger partial charge on any atom is -0.493 e. The second-order valence-corrected chi connectivity index (χ2v) is 6.61. The standard InChI is InChI=1S/C21H23N3O2/c1-25-19-6-5-15(12-20(19)26-2)7-10-24-11-8-18-17(14-24)13-16-4-3-9-22-21(16)23-18/h3-6,9,12-13H,7-8,10-11,14H2,1-2H3. The third-order valence-electron chi connectivity index (χ3n) is 4.98. The van der Waals surface area contributed by atoms with Gasteiger partial charge < -0.3 is 9.47 Å². The number of methoxy groups -OCH3 is 2. The molecule has 0 saturated heterocycles. The van der Waals surface area contributed by atoms with Crippen molar-refractivity contribution < 1.29 is 9.47 Å². The maximum absolute atomic E-state index is 5.40. The lowest BCUT2D eigenvalue weighted by molar-refractivity contribution is 0.255. The molecule has 5 nitrogen and oxygen atoms in total. The lowest BCUT2D eigenvalue weighted by Gasteiger charge is -2.28. The van der Waals surface area contributed by atoms with Gasteiger partial charge in [-0.1, -0.05) is 6.07 Å². The molecule has 1 aliphatic rings. The molecule has 3 heterocycles. The Bertz CT molecular complexity index is 926. The van der Waals surface area contributed by atoms with Crippen LogP contribution in [0.3, 0.4) is 0 Å². The van der Waals surface area contributed by atoms with Crippen molar-refractivity contribution in [3.8, 4) is 11.5 Å². The molecule has 3 aromatic rings. The first kappa shape index (κ1) is 16.8. The number of aromatic nitrogens is 2. The normalized spacial score (nSPS) is 14.2. The van der Waals surface area contributed by atoms with E-state index in [2.05, 4.69) is 34.1 Å². The number of ether oxygens (including phenoxy) is 2. The number of hydrogen-bond donors (Lipinski definition) is 0. The predicted octanol–water partition coefficient (Wildman–Crippen LogP) is 3.25. The molecule has 1 aromatic carbocycles. The summed E-state index contributed by atoms with van der Waals surface area (Å²) in [6, 6.07) is 12.4. The second-order valence-electron chi connectivity index (χ2n) is 6.61. The van der Waals surface area contributed by atoms with E-state index in [1.807, 2.05) is 12.1 Å². The van der Waals surface area contributed by atoms with Crippen molar-refractivity contribution in [2.45, 2.75) is 19.4 Å². The van der Waals surface area contributed by atoms with Crippen molar-refractivity contribution in [3.05, 3.63) is 59.4 Å². The van der Waals surface area contributed by atoms with Crippen LogP contribution in [-0.4, -0.2) is 42.2 Å². The Morgan fingerprint density at radius 1 is 1.08 bits per heavy atom. The summed E-state index contributed by atoms with van der Waals surface area (Å²) < 4.78 is 10.7. The van der Waals surface area contributed by atoms with E-state index >= 15 is 0 Å². The van der Waals surface area contributed by atoms with Crippen molar-refractivity contribution in [1.82, 2.24) is 14.9 Å². The molecule has 5 heteroatoms. The van der Waals surface area contributed by atoms with Gasteiger partial charge in [-0.05, 0) is 47.9 Å². The van der Waals surface area contributed by atoms with Gasteiger partial charge in [-0.25, -0.2) is 9.97 Å². The molecule has 1 aliphatic heterocycles. The smallest absolute Gasteiger partial charge is 0.160 e. The van der Waals surface area contributed by atoms with Crippen LogP contribution in [0.25, 0.3) is 11.0 Å². The van der Waals surface area contributed by atoms with Crippen LogP contribution < -0.4 is 9.47 Å². The summed E-state index contributed by atoms with van der Waals surface area (Å²) in [5.41, 5.74) is 4.63. The van der Waals surface area contributed by atoms with E-state index in [0.717, 1.165) is 55.0 Å². The van der Waals surface area contributed by atoms with Gasteiger partial charge in [0, 0.05) is 43.3 Å². The fraction of sp³-hybridized carbons (Fsp3) is 0.333. The van der Waals surface area contributed by atoms with Gasteiger partial charge in [0.25, 0.3) is 0 Å². The molecule has 0 unspecified atom stereocenters. The maximum atomic E-state index is 5.40. The van der Waals surface area contributed by atoms with E-state index in [0.29, 0.717) is 0 Å². The monoisotopic (exact) mass is 349 g/mol. The first-order chi connectivity index (χ1) is 12.8. The first-order valence-electron chi connectivity index (χ1n) is 8.93. The van der Waals surface area contributed by atoms with E-state index < -0.39 is 0 Å². The molecule has 0 spiro atoms. The summed E-state index contributed by atoms with van der Waals surface area (Å²) in [6.45, 7) is 2.99. The van der Waals surface area contributed by atoms with Crippen molar-refractivity contribution in [1.29, 1.82) is 0 Å². The van der Waals surface area contributed by atoms with Crippen LogP contribution in [0.5, 0.6) is 11.5 Å². The third-order valence-corrected chi connectivity index (χ3v) is 4.98. The SMILES string of the molecule is COc1ccc(CCN2CCc3nc4ncccc4cc3C2)cc1OC. The zero-order valence-electron chi connectivity index (χ0n) is 15.2. The van der Waals surface area contributed by atoms with E-state index in [9.17, 15) is 0 Å². The molecule has 0 aliphatic carbocycles. The minimum absolute atomic E-state index is 0.773. The van der Waals surface area contributed by atoms with Crippen LogP contribution in [0.15, 0.2) is 42.6 Å². The first-order valence-corrected chi connectivity index (χ1v) is 8.93. The summed E-state index contributed by atoms with van der Waals surface area (Å²) in [6.07, 6.45) is 3.77. The maximum Gasteiger partial charge on any atom is 0.160 e. The predicted molar refractivity (Wildman–Crippen MR) is 102 cm³/mol. The van der Waals surface area contributed by atoms with Crippen molar-refractivity contribution in [2.24, 2.45) is 0 Å². The van der Waals surface area contributed by atoms with Gasteiger partial charge in [0.2, 0.25) is 0 Å². The van der Waals surface area contributed by atoms with Crippen LogP contribution >= 0.6 is 0 Å². The highest BCUT2D eigenvalue weighted by molar-refractivity contribution is 5.75. The summed E-state index contributed by atoms with van der Waals surface area (Å²) in [4.78, 5) is 11.6. The molecule has 134 valence electrons. The van der Waals surface area contributed by atoms with Gasteiger partial charge in [-0.3, -0.25) is 4.90 Å². The summed E-state index contributed by atoms with van der Waals surface area (Å²) in [7, 11) is 3.34. The quantitative estimate of drug-likeness (QED) is 0.708. The van der Waals surface area contributed by atoms with Gasteiger partial charge in [-0.15, -0.1) is 0 Å². The number of benzene rings is 1. The molecule has 4 rings (SSSR count). The Morgan fingerprint density at radius 2 is 1.96 bits per heavy atom. The van der Waals surface area contributed by atoms with Crippen LogP contribution in [0.2, 0.25) is 0 Å². The fourth-order valence-corrected chi connectivity index (χ4v) is 3.54. The Balaban J connectivity index is 1.45. The summed E-state index contributed by atoms with van der Waals surface area (Å²) >= 11 is 0. The minimum atomic E-state index is 0.773. The number of rotatable bonds is 5. The van der Waals surface area contributed by atoms with Crippen molar-refractivity contribution >= 4 is 11.0 Å². The van der Waals surface area contributed by atoms with Gasteiger partial charge in [0.1, 0.15) is 0 Å². The Morgan fingerprint density at radius 3 is 2.81 bits per heavy atom. The highest BCUT2D eigenvalue weighted by atomic mass is 16.5. The van der Waals surface area contributed by atoms with Gasteiger partial charge in [-0.2, -0.15) is 0 Å². The molecule has 0 amide bonds. The van der Waals surface area contributed by atoms with Crippen LogP contribution in [-0.2, 0) is 19.4 Å². The number of pyridine rings is 2. The van der Waals surface area contributed by atoms with Crippen LogP contribution in [0, 0.1) is 0 Å².